The molecule has 2 N–H and O–H groups in total. The average Bonchev–Trinajstić information content (AvgIpc) is 2.71. The maximum atomic E-state index is 12.3. The SMILES string of the molecule is COc1ccc(C(=O)NCc2ccnc(OCc3ccccc3)c2)c(O)c1. The van der Waals surface area contributed by atoms with Gasteiger partial charge in [-0.05, 0) is 29.3 Å². The second kappa shape index (κ2) is 8.71. The van der Waals surface area contributed by atoms with E-state index >= 15 is 0 Å². The number of methoxy groups -OCH3 is 1. The van der Waals surface area contributed by atoms with Gasteiger partial charge in [-0.1, -0.05) is 30.3 Å². The van der Waals surface area contributed by atoms with Crippen LogP contribution in [0.15, 0.2) is 66.9 Å². The molecule has 1 aromatic heterocycles. The van der Waals surface area contributed by atoms with Gasteiger partial charge in [-0.25, -0.2) is 4.98 Å². The van der Waals surface area contributed by atoms with Crippen molar-refractivity contribution < 1.29 is 19.4 Å². The van der Waals surface area contributed by atoms with Crippen LogP contribution < -0.4 is 14.8 Å². The predicted molar refractivity (Wildman–Crippen MR) is 101 cm³/mol. The number of nitrogens with one attached hydrogen (secondary N) is 1. The van der Waals surface area contributed by atoms with Gasteiger partial charge in [-0.15, -0.1) is 0 Å². The molecule has 27 heavy (non-hydrogen) atoms. The third-order valence-corrected chi connectivity index (χ3v) is 3.93. The summed E-state index contributed by atoms with van der Waals surface area (Å²) in [4.78, 5) is 16.5. The lowest BCUT2D eigenvalue weighted by Gasteiger charge is -2.10. The van der Waals surface area contributed by atoms with Gasteiger partial charge in [0.2, 0.25) is 5.88 Å². The van der Waals surface area contributed by atoms with E-state index in [0.29, 0.717) is 18.2 Å². The van der Waals surface area contributed by atoms with Crippen LogP contribution in [0.1, 0.15) is 21.5 Å². The van der Waals surface area contributed by atoms with Crippen molar-refractivity contribution in [2.45, 2.75) is 13.2 Å². The summed E-state index contributed by atoms with van der Waals surface area (Å²) in [6.45, 7) is 0.706. The van der Waals surface area contributed by atoms with Crippen LogP contribution in [-0.2, 0) is 13.2 Å². The van der Waals surface area contributed by atoms with Gasteiger partial charge in [0.15, 0.2) is 0 Å². The van der Waals surface area contributed by atoms with Crippen molar-refractivity contribution in [3.63, 3.8) is 0 Å². The maximum Gasteiger partial charge on any atom is 0.255 e. The number of rotatable bonds is 7. The highest BCUT2D eigenvalue weighted by molar-refractivity contribution is 5.96. The molecule has 2 aromatic carbocycles. The topological polar surface area (TPSA) is 80.7 Å². The van der Waals surface area contributed by atoms with E-state index in [0.717, 1.165) is 11.1 Å². The molecule has 6 heteroatoms. The van der Waals surface area contributed by atoms with Crippen LogP contribution >= 0.6 is 0 Å². The zero-order chi connectivity index (χ0) is 19.1. The summed E-state index contributed by atoms with van der Waals surface area (Å²) in [6.07, 6.45) is 1.63. The largest absolute Gasteiger partial charge is 0.507 e. The fraction of sp³-hybridized carbons (Fsp3) is 0.143. The number of hydrogen-bond acceptors (Lipinski definition) is 5. The zero-order valence-corrected chi connectivity index (χ0v) is 14.9. The molecule has 0 fully saturated rings. The average molecular weight is 364 g/mol. The van der Waals surface area contributed by atoms with Crippen molar-refractivity contribution in [2.24, 2.45) is 0 Å². The minimum absolute atomic E-state index is 0.131. The normalized spacial score (nSPS) is 10.3. The van der Waals surface area contributed by atoms with E-state index in [1.54, 1.807) is 24.4 Å². The number of pyridine rings is 1. The number of amides is 1. The second-order valence-electron chi connectivity index (χ2n) is 5.84. The molecule has 0 aliphatic carbocycles. The molecule has 1 heterocycles. The number of benzene rings is 2. The van der Waals surface area contributed by atoms with Crippen molar-refractivity contribution >= 4 is 5.91 Å². The number of aromatic hydroxyl groups is 1. The standard InChI is InChI=1S/C21H20N2O4/c1-26-17-7-8-18(19(24)12-17)21(25)23-13-16-9-10-22-20(11-16)27-14-15-5-3-2-4-6-15/h2-12,24H,13-14H2,1H3,(H,23,25). The lowest BCUT2D eigenvalue weighted by Crippen LogP contribution is -2.22. The first-order chi connectivity index (χ1) is 13.2. The zero-order valence-electron chi connectivity index (χ0n) is 14.9. The van der Waals surface area contributed by atoms with E-state index in [2.05, 4.69) is 10.3 Å². The third-order valence-electron chi connectivity index (χ3n) is 3.93. The molecule has 0 radical (unpaired) electrons. The Morgan fingerprint density at radius 3 is 2.63 bits per heavy atom. The number of aromatic nitrogens is 1. The van der Waals surface area contributed by atoms with E-state index < -0.39 is 0 Å². The number of hydrogen-bond donors (Lipinski definition) is 2. The van der Waals surface area contributed by atoms with E-state index in [9.17, 15) is 9.90 Å². The second-order valence-corrected chi connectivity index (χ2v) is 5.84. The Hall–Kier alpha value is -3.54. The van der Waals surface area contributed by atoms with Gasteiger partial charge in [0.05, 0.1) is 12.7 Å². The summed E-state index contributed by atoms with van der Waals surface area (Å²) in [7, 11) is 1.50. The van der Waals surface area contributed by atoms with Gasteiger partial charge >= 0.3 is 0 Å². The first-order valence-electron chi connectivity index (χ1n) is 8.42. The molecule has 0 aliphatic rings. The molecule has 138 valence electrons. The first-order valence-corrected chi connectivity index (χ1v) is 8.42. The molecule has 0 unspecified atom stereocenters. The van der Waals surface area contributed by atoms with Crippen LogP contribution in [-0.4, -0.2) is 23.1 Å². The molecule has 1 amide bonds. The number of carbonyl (C=O) groups is 1. The van der Waals surface area contributed by atoms with Crippen molar-refractivity contribution in [3.05, 3.63) is 83.6 Å². The molecule has 0 bridgehead atoms. The summed E-state index contributed by atoms with van der Waals surface area (Å²) in [5.41, 5.74) is 2.08. The molecular formula is C21H20N2O4. The fourth-order valence-corrected chi connectivity index (χ4v) is 2.48. The van der Waals surface area contributed by atoms with Gasteiger partial charge in [-0.2, -0.15) is 0 Å². The van der Waals surface area contributed by atoms with Crippen LogP contribution in [0, 0.1) is 0 Å². The number of ether oxygens (including phenoxy) is 2. The Bertz CT molecular complexity index is 913. The van der Waals surface area contributed by atoms with E-state index in [-0.39, 0.29) is 23.8 Å². The van der Waals surface area contributed by atoms with Crippen LogP contribution in [0.3, 0.4) is 0 Å². The highest BCUT2D eigenvalue weighted by Crippen LogP contribution is 2.23. The monoisotopic (exact) mass is 364 g/mol. The third kappa shape index (κ3) is 4.98. The molecule has 0 aliphatic heterocycles. The Balaban J connectivity index is 1.58. The fourth-order valence-electron chi connectivity index (χ4n) is 2.48. The lowest BCUT2D eigenvalue weighted by molar-refractivity contribution is 0.0948. The molecule has 0 saturated carbocycles. The van der Waals surface area contributed by atoms with Crippen molar-refractivity contribution in [1.82, 2.24) is 10.3 Å². The molecule has 3 rings (SSSR count). The molecule has 0 atom stereocenters. The van der Waals surface area contributed by atoms with Crippen molar-refractivity contribution in [3.8, 4) is 17.4 Å². The summed E-state index contributed by atoms with van der Waals surface area (Å²) in [6, 6.07) is 17.9. The molecule has 0 saturated heterocycles. The number of nitrogens with zero attached hydrogens (tertiary/aromatic N) is 1. The number of phenols is 1. The molecule has 3 aromatic rings. The van der Waals surface area contributed by atoms with Crippen molar-refractivity contribution in [2.75, 3.05) is 7.11 Å². The van der Waals surface area contributed by atoms with Gasteiger partial charge in [-0.3, -0.25) is 4.79 Å². The Morgan fingerprint density at radius 1 is 1.07 bits per heavy atom. The number of phenolic OH excluding ortho intramolecular Hbond substituents is 1. The summed E-state index contributed by atoms with van der Waals surface area (Å²) in [5.74, 6) is 0.462. The lowest BCUT2D eigenvalue weighted by atomic mass is 10.1. The van der Waals surface area contributed by atoms with E-state index in [4.69, 9.17) is 9.47 Å². The smallest absolute Gasteiger partial charge is 0.255 e. The summed E-state index contributed by atoms with van der Waals surface area (Å²) in [5, 5.41) is 12.7. The Morgan fingerprint density at radius 2 is 1.89 bits per heavy atom. The highest BCUT2D eigenvalue weighted by atomic mass is 16.5. The summed E-state index contributed by atoms with van der Waals surface area (Å²) >= 11 is 0. The van der Waals surface area contributed by atoms with Gasteiger partial charge in [0.1, 0.15) is 18.1 Å². The first kappa shape index (κ1) is 18.3. The molecule has 0 spiro atoms. The summed E-state index contributed by atoms with van der Waals surface area (Å²) < 4.78 is 10.7. The van der Waals surface area contributed by atoms with E-state index in [1.807, 2.05) is 30.3 Å². The maximum absolute atomic E-state index is 12.3. The van der Waals surface area contributed by atoms with Gasteiger partial charge in [0, 0.05) is 24.9 Å². The molecular weight excluding hydrogens is 344 g/mol. The Labute approximate surface area is 157 Å². The Kier molecular flexibility index (Phi) is 5.89. The quantitative estimate of drug-likeness (QED) is 0.672. The van der Waals surface area contributed by atoms with Gasteiger partial charge < -0.3 is 19.9 Å². The van der Waals surface area contributed by atoms with Crippen LogP contribution in [0.25, 0.3) is 0 Å². The van der Waals surface area contributed by atoms with Crippen molar-refractivity contribution in [1.29, 1.82) is 0 Å². The minimum atomic E-state index is -0.376. The van der Waals surface area contributed by atoms with Crippen LogP contribution in [0.5, 0.6) is 17.4 Å². The van der Waals surface area contributed by atoms with E-state index in [1.165, 1.54) is 19.2 Å². The number of carbonyl (C=O) groups excluding carboxylic acids is 1. The minimum Gasteiger partial charge on any atom is -0.507 e. The highest BCUT2D eigenvalue weighted by Gasteiger charge is 2.12. The van der Waals surface area contributed by atoms with Crippen LogP contribution in [0.4, 0.5) is 0 Å². The predicted octanol–water partition coefficient (Wildman–Crippen LogP) is 3.30. The van der Waals surface area contributed by atoms with Crippen LogP contribution in [0.2, 0.25) is 0 Å². The van der Waals surface area contributed by atoms with Gasteiger partial charge in [0.25, 0.3) is 5.91 Å². The molecule has 6 nitrogen and oxygen atoms in total.